The molecule has 0 radical (unpaired) electrons. The minimum absolute atomic E-state index is 0.134. The van der Waals surface area contributed by atoms with Gasteiger partial charge in [0.2, 0.25) is 0 Å². The number of rotatable bonds is 3. The molecule has 1 atom stereocenters. The molecular formula is C17H24N4O2. The van der Waals surface area contributed by atoms with Gasteiger partial charge in [0, 0.05) is 19.4 Å². The molecule has 0 saturated heterocycles. The van der Waals surface area contributed by atoms with E-state index >= 15 is 0 Å². The second kappa shape index (κ2) is 6.40. The lowest BCUT2D eigenvalue weighted by atomic mass is 10.1. The van der Waals surface area contributed by atoms with E-state index in [4.69, 9.17) is 4.74 Å². The monoisotopic (exact) mass is 316 g/mol. The van der Waals surface area contributed by atoms with Crippen LogP contribution in [0.15, 0.2) is 30.7 Å². The van der Waals surface area contributed by atoms with Crippen LogP contribution in [0, 0.1) is 6.92 Å². The van der Waals surface area contributed by atoms with Crippen LogP contribution in [0.5, 0.6) is 0 Å². The Morgan fingerprint density at radius 2 is 2.00 bits per heavy atom. The predicted molar refractivity (Wildman–Crippen MR) is 88.5 cm³/mol. The van der Waals surface area contributed by atoms with Crippen LogP contribution in [0.1, 0.15) is 44.9 Å². The first-order valence-corrected chi connectivity index (χ1v) is 7.61. The van der Waals surface area contributed by atoms with E-state index in [1.54, 1.807) is 29.0 Å². The predicted octanol–water partition coefficient (Wildman–Crippen LogP) is 3.50. The molecule has 0 aromatic carbocycles. The van der Waals surface area contributed by atoms with Crippen molar-refractivity contribution in [3.8, 4) is 5.82 Å². The Bertz CT molecular complexity index is 671. The number of hydrogen-bond donors (Lipinski definition) is 0. The van der Waals surface area contributed by atoms with Crippen LogP contribution in [-0.4, -0.2) is 38.4 Å². The number of amides is 1. The maximum absolute atomic E-state index is 12.1. The van der Waals surface area contributed by atoms with Crippen molar-refractivity contribution in [3.63, 3.8) is 0 Å². The van der Waals surface area contributed by atoms with Gasteiger partial charge in [-0.15, -0.1) is 0 Å². The largest absolute Gasteiger partial charge is 0.444 e. The Balaban J connectivity index is 2.10. The summed E-state index contributed by atoms with van der Waals surface area (Å²) in [7, 11) is 1.73. The molecule has 2 aromatic rings. The molecule has 0 saturated carbocycles. The summed E-state index contributed by atoms with van der Waals surface area (Å²) >= 11 is 0. The summed E-state index contributed by atoms with van der Waals surface area (Å²) in [5.41, 5.74) is 1.50. The van der Waals surface area contributed by atoms with E-state index in [-0.39, 0.29) is 12.1 Å². The first-order chi connectivity index (χ1) is 10.7. The highest BCUT2D eigenvalue weighted by molar-refractivity contribution is 5.68. The third kappa shape index (κ3) is 4.31. The molecule has 0 bridgehead atoms. The molecule has 0 fully saturated rings. The number of hydrogen-bond acceptors (Lipinski definition) is 4. The SMILES string of the molecule is Cc1cnn(-c2ccc(C(C)N(C)C(=O)OC(C)(C)C)cn2)c1. The van der Waals surface area contributed by atoms with Crippen LogP contribution in [-0.2, 0) is 4.74 Å². The lowest BCUT2D eigenvalue weighted by Gasteiger charge is -2.28. The molecule has 6 nitrogen and oxygen atoms in total. The zero-order valence-electron chi connectivity index (χ0n) is 14.6. The van der Waals surface area contributed by atoms with Crippen LogP contribution in [0.4, 0.5) is 4.79 Å². The highest BCUT2D eigenvalue weighted by Crippen LogP contribution is 2.21. The molecule has 2 rings (SSSR count). The van der Waals surface area contributed by atoms with E-state index in [1.807, 2.05) is 52.9 Å². The van der Waals surface area contributed by atoms with Gasteiger partial charge in [0.05, 0.1) is 12.2 Å². The van der Waals surface area contributed by atoms with Crippen molar-refractivity contribution >= 4 is 6.09 Å². The summed E-state index contributed by atoms with van der Waals surface area (Å²) in [6.45, 7) is 9.48. The molecule has 1 unspecified atom stereocenters. The van der Waals surface area contributed by atoms with E-state index in [0.717, 1.165) is 16.9 Å². The van der Waals surface area contributed by atoms with Crippen molar-refractivity contribution in [2.24, 2.45) is 0 Å². The highest BCUT2D eigenvalue weighted by Gasteiger charge is 2.23. The molecule has 0 aliphatic carbocycles. The van der Waals surface area contributed by atoms with E-state index < -0.39 is 5.60 Å². The van der Waals surface area contributed by atoms with Gasteiger partial charge in [-0.05, 0) is 51.8 Å². The molecule has 0 aliphatic rings. The van der Waals surface area contributed by atoms with Gasteiger partial charge in [0.25, 0.3) is 0 Å². The van der Waals surface area contributed by atoms with Crippen LogP contribution < -0.4 is 0 Å². The Labute approximate surface area is 137 Å². The van der Waals surface area contributed by atoms with Crippen LogP contribution in [0.2, 0.25) is 0 Å². The lowest BCUT2D eigenvalue weighted by molar-refractivity contribution is 0.0233. The molecular weight excluding hydrogens is 292 g/mol. The van der Waals surface area contributed by atoms with Gasteiger partial charge in [-0.3, -0.25) is 0 Å². The number of ether oxygens (including phenoxy) is 1. The molecule has 2 aromatic heterocycles. The summed E-state index contributed by atoms with van der Waals surface area (Å²) in [5.74, 6) is 0.744. The third-order valence-electron chi connectivity index (χ3n) is 3.46. The topological polar surface area (TPSA) is 60.2 Å². The Morgan fingerprint density at radius 3 is 2.48 bits per heavy atom. The normalized spacial score (nSPS) is 12.8. The number of carbonyl (C=O) groups is 1. The van der Waals surface area contributed by atoms with Crippen LogP contribution >= 0.6 is 0 Å². The van der Waals surface area contributed by atoms with Crippen molar-refractivity contribution in [1.82, 2.24) is 19.7 Å². The Morgan fingerprint density at radius 1 is 1.30 bits per heavy atom. The highest BCUT2D eigenvalue weighted by atomic mass is 16.6. The summed E-state index contributed by atoms with van der Waals surface area (Å²) in [4.78, 5) is 18.1. The summed E-state index contributed by atoms with van der Waals surface area (Å²) in [6.07, 6.45) is 5.11. The summed E-state index contributed by atoms with van der Waals surface area (Å²) in [6, 6.07) is 3.71. The maximum Gasteiger partial charge on any atom is 0.410 e. The van der Waals surface area contributed by atoms with Crippen molar-refractivity contribution in [3.05, 3.63) is 41.9 Å². The van der Waals surface area contributed by atoms with Gasteiger partial charge in [-0.2, -0.15) is 5.10 Å². The zero-order valence-corrected chi connectivity index (χ0v) is 14.6. The average molecular weight is 316 g/mol. The van der Waals surface area contributed by atoms with Gasteiger partial charge < -0.3 is 9.64 Å². The van der Waals surface area contributed by atoms with Crippen molar-refractivity contribution in [1.29, 1.82) is 0 Å². The van der Waals surface area contributed by atoms with E-state index in [9.17, 15) is 4.79 Å². The average Bonchev–Trinajstić information content (AvgIpc) is 2.90. The van der Waals surface area contributed by atoms with Gasteiger partial charge in [-0.1, -0.05) is 6.07 Å². The van der Waals surface area contributed by atoms with Gasteiger partial charge in [0.15, 0.2) is 5.82 Å². The standard InChI is InChI=1S/C17H24N4O2/c1-12-9-19-21(11-12)15-8-7-14(10-18-15)13(2)20(6)16(22)23-17(3,4)5/h7-11,13H,1-6H3. The van der Waals surface area contributed by atoms with Gasteiger partial charge >= 0.3 is 6.09 Å². The number of aromatic nitrogens is 3. The third-order valence-corrected chi connectivity index (χ3v) is 3.46. The van der Waals surface area contributed by atoms with E-state index in [0.29, 0.717) is 0 Å². The first kappa shape index (κ1) is 17.0. The van der Waals surface area contributed by atoms with E-state index in [2.05, 4.69) is 10.1 Å². The minimum atomic E-state index is -0.509. The van der Waals surface area contributed by atoms with Crippen molar-refractivity contribution in [2.75, 3.05) is 7.05 Å². The van der Waals surface area contributed by atoms with Crippen molar-refractivity contribution < 1.29 is 9.53 Å². The van der Waals surface area contributed by atoms with Crippen LogP contribution in [0.25, 0.3) is 5.82 Å². The molecule has 0 aliphatic heterocycles. The molecule has 23 heavy (non-hydrogen) atoms. The second-order valence-corrected chi connectivity index (χ2v) is 6.68. The molecule has 124 valence electrons. The quantitative estimate of drug-likeness (QED) is 0.869. The van der Waals surface area contributed by atoms with Gasteiger partial charge in [0.1, 0.15) is 5.60 Å². The van der Waals surface area contributed by atoms with Crippen LogP contribution in [0.3, 0.4) is 0 Å². The molecule has 6 heteroatoms. The number of carbonyl (C=O) groups excluding carboxylic acids is 1. The lowest BCUT2D eigenvalue weighted by Crippen LogP contribution is -2.35. The molecule has 0 N–H and O–H groups in total. The summed E-state index contributed by atoms with van der Waals surface area (Å²) < 4.78 is 7.11. The van der Waals surface area contributed by atoms with E-state index in [1.165, 1.54) is 0 Å². The second-order valence-electron chi connectivity index (χ2n) is 6.68. The fraction of sp³-hybridized carbons (Fsp3) is 0.471. The fourth-order valence-corrected chi connectivity index (χ4v) is 2.03. The number of pyridine rings is 1. The first-order valence-electron chi connectivity index (χ1n) is 7.61. The Kier molecular flexibility index (Phi) is 4.73. The van der Waals surface area contributed by atoms with Crippen molar-refractivity contribution in [2.45, 2.75) is 46.3 Å². The zero-order chi connectivity index (χ0) is 17.2. The Hall–Kier alpha value is -2.37. The molecule has 0 spiro atoms. The maximum atomic E-state index is 12.1. The summed E-state index contributed by atoms with van der Waals surface area (Å²) in [5, 5.41) is 4.23. The smallest absolute Gasteiger partial charge is 0.410 e. The molecule has 1 amide bonds. The number of aryl methyl sites for hydroxylation is 1. The van der Waals surface area contributed by atoms with Gasteiger partial charge in [-0.25, -0.2) is 14.5 Å². The fourth-order valence-electron chi connectivity index (χ4n) is 2.03. The number of nitrogens with zero attached hydrogens (tertiary/aromatic N) is 4. The minimum Gasteiger partial charge on any atom is -0.444 e. The molecule has 2 heterocycles.